The molecule has 0 aliphatic carbocycles. The lowest BCUT2D eigenvalue weighted by atomic mass is 10.0. The molecule has 1 aromatic heterocycles. The van der Waals surface area contributed by atoms with Gasteiger partial charge < -0.3 is 10.1 Å². The molecule has 2 N–H and O–H groups in total. The van der Waals surface area contributed by atoms with Gasteiger partial charge in [0.1, 0.15) is 5.82 Å². The molecule has 20 heavy (non-hydrogen) atoms. The second kappa shape index (κ2) is 5.49. The minimum absolute atomic E-state index is 0.0538. The molecule has 4 nitrogen and oxygen atoms in total. The van der Waals surface area contributed by atoms with Crippen LogP contribution in [0.25, 0.3) is 0 Å². The molecule has 0 aliphatic rings. The maximum atomic E-state index is 12.0. The number of aromatic hydroxyl groups is 1. The Bertz CT molecular complexity index is 687. The lowest BCUT2D eigenvalue weighted by Crippen LogP contribution is -2.18. The molecule has 0 bridgehead atoms. The summed E-state index contributed by atoms with van der Waals surface area (Å²) in [4.78, 5) is 18.8. The molecule has 1 heterocycles. The molecular formula is C16H20N2O2. The van der Waals surface area contributed by atoms with Gasteiger partial charge in [-0.2, -0.15) is 4.98 Å². The molecule has 2 rings (SSSR count). The van der Waals surface area contributed by atoms with Crippen LogP contribution in [-0.4, -0.2) is 15.1 Å². The Labute approximate surface area is 118 Å². The van der Waals surface area contributed by atoms with E-state index in [1.54, 1.807) is 0 Å². The molecule has 106 valence electrons. The molecule has 2 aromatic rings. The Morgan fingerprint density at radius 1 is 1.25 bits per heavy atom. The van der Waals surface area contributed by atoms with E-state index in [1.165, 1.54) is 11.1 Å². The number of H-pyrrole nitrogens is 1. The van der Waals surface area contributed by atoms with Gasteiger partial charge in [0.2, 0.25) is 5.88 Å². The zero-order valence-corrected chi connectivity index (χ0v) is 12.3. The molecule has 0 atom stereocenters. The van der Waals surface area contributed by atoms with Gasteiger partial charge in [-0.25, -0.2) is 0 Å². The molecule has 0 saturated carbocycles. The van der Waals surface area contributed by atoms with E-state index in [0.717, 1.165) is 5.56 Å². The predicted octanol–water partition coefficient (Wildman–Crippen LogP) is 2.81. The molecule has 0 fully saturated rings. The second-order valence-electron chi connectivity index (χ2n) is 5.50. The number of aryl methyl sites for hydroxylation is 2. The Hall–Kier alpha value is -2.10. The fraction of sp³-hybridized carbons (Fsp3) is 0.375. The summed E-state index contributed by atoms with van der Waals surface area (Å²) in [6, 6.07) is 6.13. The van der Waals surface area contributed by atoms with E-state index in [9.17, 15) is 9.90 Å². The van der Waals surface area contributed by atoms with Crippen molar-refractivity contribution in [2.75, 3.05) is 0 Å². The van der Waals surface area contributed by atoms with E-state index < -0.39 is 0 Å². The first-order valence-electron chi connectivity index (χ1n) is 6.76. The number of nitrogens with one attached hydrogen (secondary N) is 1. The van der Waals surface area contributed by atoms with Gasteiger partial charge in [0, 0.05) is 6.42 Å². The van der Waals surface area contributed by atoms with Gasteiger partial charge in [-0.1, -0.05) is 32.0 Å². The molecule has 0 aliphatic heterocycles. The minimum atomic E-state index is -0.258. The largest absolute Gasteiger partial charge is 0.493 e. The van der Waals surface area contributed by atoms with Crippen LogP contribution in [0, 0.1) is 13.8 Å². The second-order valence-corrected chi connectivity index (χ2v) is 5.50. The van der Waals surface area contributed by atoms with Crippen molar-refractivity contribution in [3.05, 3.63) is 56.6 Å². The number of benzene rings is 1. The maximum absolute atomic E-state index is 12.0. The van der Waals surface area contributed by atoms with Gasteiger partial charge in [-0.05, 0) is 36.5 Å². The van der Waals surface area contributed by atoms with Crippen molar-refractivity contribution >= 4 is 0 Å². The van der Waals surface area contributed by atoms with E-state index >= 15 is 0 Å². The average Bonchev–Trinajstić information content (AvgIpc) is 2.32. The summed E-state index contributed by atoms with van der Waals surface area (Å²) in [5.74, 6) is 0.268. The molecule has 0 saturated heterocycles. The SMILES string of the molecule is Cc1ccc(Cc2nc(O)c(C(C)C)c(=O)[nH]2)cc1C. The third-order valence-corrected chi connectivity index (χ3v) is 3.50. The van der Waals surface area contributed by atoms with Crippen LogP contribution >= 0.6 is 0 Å². The molecule has 0 radical (unpaired) electrons. The van der Waals surface area contributed by atoms with Crippen LogP contribution in [0.1, 0.15) is 47.8 Å². The molecule has 1 aromatic carbocycles. The van der Waals surface area contributed by atoms with Gasteiger partial charge in [0.25, 0.3) is 5.56 Å². The summed E-state index contributed by atoms with van der Waals surface area (Å²) in [5.41, 5.74) is 3.58. The third kappa shape index (κ3) is 2.90. The maximum Gasteiger partial charge on any atom is 0.258 e. The fourth-order valence-electron chi connectivity index (χ4n) is 2.23. The normalized spacial score (nSPS) is 11.1. The van der Waals surface area contributed by atoms with Crippen molar-refractivity contribution in [1.82, 2.24) is 9.97 Å². The third-order valence-electron chi connectivity index (χ3n) is 3.50. The summed E-state index contributed by atoms with van der Waals surface area (Å²) < 4.78 is 0. The van der Waals surface area contributed by atoms with Gasteiger partial charge in [-0.3, -0.25) is 4.79 Å². The lowest BCUT2D eigenvalue weighted by Gasteiger charge is -2.09. The van der Waals surface area contributed by atoms with E-state index in [4.69, 9.17) is 0 Å². The zero-order chi connectivity index (χ0) is 14.9. The number of rotatable bonds is 3. The first-order valence-corrected chi connectivity index (χ1v) is 6.76. The van der Waals surface area contributed by atoms with Crippen molar-refractivity contribution < 1.29 is 5.11 Å². The number of hydrogen-bond acceptors (Lipinski definition) is 3. The summed E-state index contributed by atoms with van der Waals surface area (Å²) in [6.45, 7) is 7.82. The van der Waals surface area contributed by atoms with Crippen LogP contribution in [0.5, 0.6) is 5.88 Å². The summed E-state index contributed by atoms with van der Waals surface area (Å²) in [6.07, 6.45) is 0.502. The highest BCUT2D eigenvalue weighted by Crippen LogP contribution is 2.19. The van der Waals surface area contributed by atoms with Gasteiger partial charge in [-0.15, -0.1) is 0 Å². The van der Waals surface area contributed by atoms with Crippen LogP contribution in [0.2, 0.25) is 0 Å². The quantitative estimate of drug-likeness (QED) is 0.903. The smallest absolute Gasteiger partial charge is 0.258 e. The lowest BCUT2D eigenvalue weighted by molar-refractivity contribution is 0.436. The van der Waals surface area contributed by atoms with Gasteiger partial charge in [0.05, 0.1) is 5.56 Å². The number of aromatic nitrogens is 2. The zero-order valence-electron chi connectivity index (χ0n) is 12.3. The van der Waals surface area contributed by atoms with E-state index in [1.807, 2.05) is 32.9 Å². The number of hydrogen-bond donors (Lipinski definition) is 2. The van der Waals surface area contributed by atoms with Crippen LogP contribution in [0.15, 0.2) is 23.0 Å². The van der Waals surface area contributed by atoms with Crippen LogP contribution in [0.4, 0.5) is 0 Å². The van der Waals surface area contributed by atoms with Crippen LogP contribution in [-0.2, 0) is 6.42 Å². The Kier molecular flexibility index (Phi) is 3.93. The Morgan fingerprint density at radius 2 is 1.95 bits per heavy atom. The van der Waals surface area contributed by atoms with Crippen molar-refractivity contribution in [2.45, 2.75) is 40.0 Å². The Morgan fingerprint density at radius 3 is 2.50 bits per heavy atom. The fourth-order valence-corrected chi connectivity index (χ4v) is 2.23. The van der Waals surface area contributed by atoms with E-state index in [0.29, 0.717) is 17.8 Å². The standard InChI is InChI=1S/C16H20N2O2/c1-9(2)14-15(19)17-13(18-16(14)20)8-12-6-5-10(3)11(4)7-12/h5-7,9H,8H2,1-4H3,(H2,17,18,19,20). The molecule has 0 unspecified atom stereocenters. The molecule has 4 heteroatoms. The average molecular weight is 272 g/mol. The highest BCUT2D eigenvalue weighted by molar-refractivity contribution is 5.32. The first kappa shape index (κ1) is 14.3. The molecule has 0 spiro atoms. The monoisotopic (exact) mass is 272 g/mol. The number of aromatic amines is 1. The van der Waals surface area contributed by atoms with Gasteiger partial charge >= 0.3 is 0 Å². The summed E-state index contributed by atoms with van der Waals surface area (Å²) in [5, 5.41) is 9.89. The highest BCUT2D eigenvalue weighted by atomic mass is 16.3. The summed E-state index contributed by atoms with van der Waals surface area (Å²) in [7, 11) is 0. The van der Waals surface area contributed by atoms with Crippen molar-refractivity contribution in [3.8, 4) is 5.88 Å². The molecule has 0 amide bonds. The summed E-state index contributed by atoms with van der Waals surface area (Å²) >= 11 is 0. The van der Waals surface area contributed by atoms with Gasteiger partial charge in [0.15, 0.2) is 0 Å². The topological polar surface area (TPSA) is 66.0 Å². The first-order chi connectivity index (χ1) is 9.38. The molecular weight excluding hydrogens is 252 g/mol. The number of nitrogens with zero attached hydrogens (tertiary/aromatic N) is 1. The van der Waals surface area contributed by atoms with E-state index in [-0.39, 0.29) is 17.4 Å². The highest BCUT2D eigenvalue weighted by Gasteiger charge is 2.14. The van der Waals surface area contributed by atoms with E-state index in [2.05, 4.69) is 23.0 Å². The van der Waals surface area contributed by atoms with Crippen LogP contribution in [0.3, 0.4) is 0 Å². The van der Waals surface area contributed by atoms with Crippen molar-refractivity contribution in [2.24, 2.45) is 0 Å². The Balaban J connectivity index is 2.35. The van der Waals surface area contributed by atoms with Crippen molar-refractivity contribution in [1.29, 1.82) is 0 Å². The minimum Gasteiger partial charge on any atom is -0.493 e. The van der Waals surface area contributed by atoms with Crippen molar-refractivity contribution in [3.63, 3.8) is 0 Å². The van der Waals surface area contributed by atoms with Crippen LogP contribution < -0.4 is 5.56 Å². The predicted molar refractivity (Wildman–Crippen MR) is 79.3 cm³/mol.